The number of Topliss-reactive ketones (excluding diaryl/α,β-unsaturated/α-hetero) is 1. The van der Waals surface area contributed by atoms with E-state index in [0.29, 0.717) is 0 Å². The Labute approximate surface area is 161 Å². The van der Waals surface area contributed by atoms with E-state index in [2.05, 4.69) is 38.1 Å². The zero-order chi connectivity index (χ0) is 17.2. The van der Waals surface area contributed by atoms with Gasteiger partial charge in [0, 0.05) is 11.1 Å². The van der Waals surface area contributed by atoms with Crippen LogP contribution in [0.1, 0.15) is 81.1 Å². The van der Waals surface area contributed by atoms with Gasteiger partial charge in [0.25, 0.3) is 0 Å². The topological polar surface area (TPSA) is 17.1 Å². The standard InChI is InChI=1S/C23H32O.H2S/c1-3-5-10-19(11-6-4-2)18-20-14-16-22(17-15-20)23(24)21-12-8-7-9-13-21;/h8,12-17,19H,3-7,9-11,18H2,1-2H3;1H2. The molecular formula is C23H34OS. The molecule has 0 N–H and O–H groups in total. The predicted molar refractivity (Wildman–Crippen MR) is 114 cm³/mol. The van der Waals surface area contributed by atoms with Crippen molar-refractivity contribution in [3.63, 3.8) is 0 Å². The number of benzene rings is 1. The van der Waals surface area contributed by atoms with E-state index >= 15 is 0 Å². The molecule has 1 aliphatic rings. The van der Waals surface area contributed by atoms with Crippen LogP contribution < -0.4 is 0 Å². The lowest BCUT2D eigenvalue weighted by atomic mass is 9.89. The average molecular weight is 359 g/mol. The smallest absolute Gasteiger partial charge is 0.192 e. The number of hydrogen-bond acceptors (Lipinski definition) is 1. The third-order valence-electron chi connectivity index (χ3n) is 4.93. The SMILES string of the molecule is CCCCC(CCCC)Cc1ccc(C(=O)C2=CCCC=C2)cc1.S. The highest BCUT2D eigenvalue weighted by Gasteiger charge is 2.13. The summed E-state index contributed by atoms with van der Waals surface area (Å²) in [5.41, 5.74) is 3.03. The number of hydrogen-bond donors (Lipinski definition) is 0. The van der Waals surface area contributed by atoms with E-state index in [0.717, 1.165) is 36.3 Å². The lowest BCUT2D eigenvalue weighted by molar-refractivity contribution is 0.103. The third kappa shape index (κ3) is 7.23. The zero-order valence-corrected chi connectivity index (χ0v) is 16.9. The van der Waals surface area contributed by atoms with Gasteiger partial charge in [-0.15, -0.1) is 0 Å². The van der Waals surface area contributed by atoms with Crippen LogP contribution in [0.2, 0.25) is 0 Å². The highest BCUT2D eigenvalue weighted by Crippen LogP contribution is 2.22. The molecule has 2 heteroatoms. The minimum atomic E-state index is 0. The molecule has 0 heterocycles. The number of ketones is 1. The molecule has 0 spiro atoms. The Morgan fingerprint density at radius 3 is 2.16 bits per heavy atom. The average Bonchev–Trinajstić information content (AvgIpc) is 2.64. The summed E-state index contributed by atoms with van der Waals surface area (Å²) in [5, 5.41) is 0. The van der Waals surface area contributed by atoms with E-state index in [-0.39, 0.29) is 19.3 Å². The number of allylic oxidation sites excluding steroid dienone is 4. The van der Waals surface area contributed by atoms with Crippen LogP contribution in [0.25, 0.3) is 0 Å². The van der Waals surface area contributed by atoms with Gasteiger partial charge in [0.15, 0.2) is 5.78 Å². The monoisotopic (exact) mass is 358 g/mol. The Hall–Kier alpha value is -1.28. The summed E-state index contributed by atoms with van der Waals surface area (Å²) in [7, 11) is 0. The van der Waals surface area contributed by atoms with Crippen LogP contribution in [0.5, 0.6) is 0 Å². The van der Waals surface area contributed by atoms with Gasteiger partial charge < -0.3 is 0 Å². The lowest BCUT2D eigenvalue weighted by Crippen LogP contribution is -2.06. The molecule has 0 saturated heterocycles. The van der Waals surface area contributed by atoms with Crippen LogP contribution in [0, 0.1) is 5.92 Å². The normalized spacial score (nSPS) is 13.5. The molecular weight excluding hydrogens is 324 g/mol. The van der Waals surface area contributed by atoms with E-state index in [1.165, 1.54) is 44.1 Å². The predicted octanol–water partition coefficient (Wildman–Crippen LogP) is 6.80. The second-order valence-corrected chi connectivity index (χ2v) is 7.02. The van der Waals surface area contributed by atoms with Gasteiger partial charge in [-0.25, -0.2) is 0 Å². The van der Waals surface area contributed by atoms with Gasteiger partial charge in [0.05, 0.1) is 0 Å². The largest absolute Gasteiger partial charge is 0.289 e. The van der Waals surface area contributed by atoms with Crippen molar-refractivity contribution in [2.24, 2.45) is 5.92 Å². The Morgan fingerprint density at radius 1 is 1.00 bits per heavy atom. The first kappa shape index (κ1) is 21.8. The molecule has 1 aromatic rings. The molecule has 0 fully saturated rings. The lowest BCUT2D eigenvalue weighted by Gasteiger charge is -2.16. The minimum Gasteiger partial charge on any atom is -0.289 e. The molecule has 0 amide bonds. The van der Waals surface area contributed by atoms with E-state index in [1.54, 1.807) is 0 Å². The van der Waals surface area contributed by atoms with Crippen molar-refractivity contribution >= 4 is 19.3 Å². The fourth-order valence-electron chi connectivity index (χ4n) is 3.41. The number of carbonyl (C=O) groups is 1. The summed E-state index contributed by atoms with van der Waals surface area (Å²) in [6.07, 6.45) is 17.1. The molecule has 0 atom stereocenters. The van der Waals surface area contributed by atoms with Crippen LogP contribution in [0.4, 0.5) is 0 Å². The van der Waals surface area contributed by atoms with Crippen molar-refractivity contribution < 1.29 is 4.79 Å². The Balaban J connectivity index is 0.00000312. The molecule has 138 valence electrons. The van der Waals surface area contributed by atoms with Gasteiger partial charge in [0.1, 0.15) is 0 Å². The molecule has 2 rings (SSSR count). The molecule has 25 heavy (non-hydrogen) atoms. The second-order valence-electron chi connectivity index (χ2n) is 7.02. The van der Waals surface area contributed by atoms with E-state index in [1.807, 2.05) is 18.2 Å². The molecule has 0 bridgehead atoms. The fourth-order valence-corrected chi connectivity index (χ4v) is 3.41. The summed E-state index contributed by atoms with van der Waals surface area (Å²) in [5.74, 6) is 0.946. The van der Waals surface area contributed by atoms with Crippen molar-refractivity contribution in [3.8, 4) is 0 Å². The maximum absolute atomic E-state index is 12.5. The number of rotatable bonds is 10. The van der Waals surface area contributed by atoms with Crippen molar-refractivity contribution in [2.45, 2.75) is 71.6 Å². The van der Waals surface area contributed by atoms with Gasteiger partial charge in [-0.1, -0.05) is 94.9 Å². The van der Waals surface area contributed by atoms with Crippen LogP contribution in [-0.2, 0) is 6.42 Å². The summed E-state index contributed by atoms with van der Waals surface area (Å²) >= 11 is 0. The van der Waals surface area contributed by atoms with E-state index < -0.39 is 0 Å². The van der Waals surface area contributed by atoms with Crippen LogP contribution in [0.3, 0.4) is 0 Å². The summed E-state index contributed by atoms with van der Waals surface area (Å²) in [6.45, 7) is 4.54. The van der Waals surface area contributed by atoms with Gasteiger partial charge in [0.2, 0.25) is 0 Å². The summed E-state index contributed by atoms with van der Waals surface area (Å²) in [6, 6.07) is 8.34. The van der Waals surface area contributed by atoms with Crippen molar-refractivity contribution in [1.82, 2.24) is 0 Å². The van der Waals surface area contributed by atoms with E-state index in [4.69, 9.17) is 0 Å². The third-order valence-corrected chi connectivity index (χ3v) is 4.93. The first-order chi connectivity index (χ1) is 11.7. The Bertz CT molecular complexity index is 560. The molecule has 0 aliphatic heterocycles. The molecule has 1 aromatic carbocycles. The maximum atomic E-state index is 12.5. The minimum absolute atomic E-state index is 0. The highest BCUT2D eigenvalue weighted by atomic mass is 32.1. The molecule has 1 aliphatic carbocycles. The van der Waals surface area contributed by atoms with Crippen molar-refractivity contribution in [1.29, 1.82) is 0 Å². The van der Waals surface area contributed by atoms with Gasteiger partial charge in [-0.05, 0) is 30.7 Å². The quantitative estimate of drug-likeness (QED) is 0.420. The molecule has 1 nitrogen and oxygen atoms in total. The molecule has 0 saturated carbocycles. The van der Waals surface area contributed by atoms with Gasteiger partial charge >= 0.3 is 0 Å². The fraction of sp³-hybridized carbons (Fsp3) is 0.522. The second kappa shape index (κ2) is 12.1. The van der Waals surface area contributed by atoms with Crippen molar-refractivity contribution in [3.05, 3.63) is 59.2 Å². The van der Waals surface area contributed by atoms with Crippen LogP contribution in [0.15, 0.2) is 48.1 Å². The zero-order valence-electron chi connectivity index (χ0n) is 15.9. The van der Waals surface area contributed by atoms with Gasteiger partial charge in [-0.2, -0.15) is 13.5 Å². The first-order valence-electron chi connectivity index (χ1n) is 9.75. The summed E-state index contributed by atoms with van der Waals surface area (Å²) < 4.78 is 0. The molecule has 0 radical (unpaired) electrons. The Kier molecular flexibility index (Phi) is 10.6. The van der Waals surface area contributed by atoms with Crippen molar-refractivity contribution in [2.75, 3.05) is 0 Å². The van der Waals surface area contributed by atoms with E-state index in [9.17, 15) is 4.79 Å². The van der Waals surface area contributed by atoms with Gasteiger partial charge in [-0.3, -0.25) is 4.79 Å². The molecule has 0 aromatic heterocycles. The molecule has 0 unspecified atom stereocenters. The summed E-state index contributed by atoms with van der Waals surface area (Å²) in [4.78, 5) is 12.5. The first-order valence-corrected chi connectivity index (χ1v) is 9.75. The number of carbonyl (C=O) groups excluding carboxylic acids is 1. The van der Waals surface area contributed by atoms with Crippen LogP contribution >= 0.6 is 13.5 Å². The van der Waals surface area contributed by atoms with Crippen LogP contribution in [-0.4, -0.2) is 5.78 Å². The Morgan fingerprint density at radius 2 is 1.64 bits per heavy atom. The number of unbranched alkanes of at least 4 members (excludes halogenated alkanes) is 2. The maximum Gasteiger partial charge on any atom is 0.192 e. The highest BCUT2D eigenvalue weighted by molar-refractivity contribution is 7.59.